The predicted molar refractivity (Wildman–Crippen MR) is 93.2 cm³/mol. The summed E-state index contributed by atoms with van der Waals surface area (Å²) in [6.07, 6.45) is 3.48. The molecule has 0 aliphatic heterocycles. The van der Waals surface area contributed by atoms with E-state index in [1.54, 1.807) is 0 Å². The minimum absolute atomic E-state index is 0. The second-order valence-electron chi connectivity index (χ2n) is 6.36. The molecule has 1 saturated carbocycles. The molecule has 1 atom stereocenters. The molecule has 0 heterocycles. The highest BCUT2D eigenvalue weighted by molar-refractivity contribution is 5.85. The van der Waals surface area contributed by atoms with Gasteiger partial charge in [0.05, 0.1) is 18.0 Å². The third kappa shape index (κ3) is 5.64. The van der Waals surface area contributed by atoms with Crippen molar-refractivity contribution >= 4 is 24.2 Å². The molecule has 1 aromatic carbocycles. The maximum Gasteiger partial charge on any atom is 0.222 e. The Kier molecular flexibility index (Phi) is 7.76. The molecule has 4 N–H and O–H groups in total. The van der Waals surface area contributed by atoms with Crippen LogP contribution in [0.1, 0.15) is 50.6 Å². The number of hydrogen-bond donors (Lipinski definition) is 3. The molecule has 0 spiro atoms. The molecule has 2 rings (SSSR count). The van der Waals surface area contributed by atoms with Crippen molar-refractivity contribution < 1.29 is 18.4 Å². The molecule has 8 heteroatoms. The van der Waals surface area contributed by atoms with Gasteiger partial charge in [0.25, 0.3) is 0 Å². The van der Waals surface area contributed by atoms with Gasteiger partial charge in [0, 0.05) is 25.1 Å². The van der Waals surface area contributed by atoms with Crippen molar-refractivity contribution in [3.63, 3.8) is 0 Å². The summed E-state index contributed by atoms with van der Waals surface area (Å²) >= 11 is 0. The number of nitrogens with two attached hydrogens (primary N) is 1. The smallest absolute Gasteiger partial charge is 0.222 e. The fourth-order valence-electron chi connectivity index (χ4n) is 3.23. The van der Waals surface area contributed by atoms with E-state index in [2.05, 4.69) is 10.6 Å². The van der Waals surface area contributed by atoms with Crippen LogP contribution >= 0.6 is 12.4 Å². The van der Waals surface area contributed by atoms with E-state index in [4.69, 9.17) is 5.73 Å². The molecule has 140 valence electrons. The molecule has 0 bridgehead atoms. The first-order valence-corrected chi connectivity index (χ1v) is 8.08. The topological polar surface area (TPSA) is 84.2 Å². The number of benzene rings is 1. The Bertz CT molecular complexity index is 622. The number of hydrogen-bond acceptors (Lipinski definition) is 3. The first-order valence-electron chi connectivity index (χ1n) is 8.08. The molecule has 1 aromatic rings. The van der Waals surface area contributed by atoms with Gasteiger partial charge < -0.3 is 16.4 Å². The van der Waals surface area contributed by atoms with Gasteiger partial charge in [-0.3, -0.25) is 9.59 Å². The minimum atomic E-state index is -0.862. The van der Waals surface area contributed by atoms with Crippen molar-refractivity contribution in [3.8, 4) is 0 Å². The minimum Gasteiger partial charge on any atom is -0.349 e. The molecule has 0 aromatic heterocycles. The molecule has 2 amide bonds. The highest BCUT2D eigenvalue weighted by atomic mass is 35.5. The predicted octanol–water partition coefficient (Wildman–Crippen LogP) is 2.34. The Balaban J connectivity index is 0.00000312. The van der Waals surface area contributed by atoms with E-state index in [0.717, 1.165) is 37.8 Å². The van der Waals surface area contributed by atoms with Crippen LogP contribution in [0.4, 0.5) is 8.78 Å². The molecule has 1 fully saturated rings. The van der Waals surface area contributed by atoms with Crippen LogP contribution in [0.3, 0.4) is 0 Å². The number of amides is 2. The quantitative estimate of drug-likeness (QED) is 0.713. The van der Waals surface area contributed by atoms with Crippen molar-refractivity contribution in [2.75, 3.05) is 6.54 Å². The van der Waals surface area contributed by atoms with Gasteiger partial charge in [-0.05, 0) is 18.9 Å². The molecule has 5 nitrogen and oxygen atoms in total. The zero-order chi connectivity index (χ0) is 17.7. The van der Waals surface area contributed by atoms with Crippen LogP contribution in [-0.2, 0) is 9.59 Å². The van der Waals surface area contributed by atoms with Crippen molar-refractivity contribution in [2.24, 2.45) is 5.73 Å². The van der Waals surface area contributed by atoms with Crippen LogP contribution in [0, 0.1) is 11.6 Å². The second kappa shape index (κ2) is 9.10. The first kappa shape index (κ1) is 21.3. The number of nitrogens with one attached hydrogen (secondary N) is 2. The summed E-state index contributed by atoms with van der Waals surface area (Å²) in [5.74, 6) is -2.22. The van der Waals surface area contributed by atoms with Gasteiger partial charge in [-0.1, -0.05) is 18.9 Å². The lowest BCUT2D eigenvalue weighted by atomic mass is 9.96. The fraction of sp³-hybridized carbons (Fsp3) is 0.529. The Hall–Kier alpha value is -1.73. The maximum absolute atomic E-state index is 14.0. The molecule has 1 aliphatic rings. The van der Waals surface area contributed by atoms with E-state index in [0.29, 0.717) is 6.54 Å². The van der Waals surface area contributed by atoms with E-state index in [1.807, 2.05) is 0 Å². The highest BCUT2D eigenvalue weighted by Crippen LogP contribution is 2.29. The van der Waals surface area contributed by atoms with Crippen molar-refractivity contribution in [2.45, 2.75) is 50.6 Å². The van der Waals surface area contributed by atoms with Crippen LogP contribution in [0.5, 0.6) is 0 Å². The standard InChI is InChI=1S/C17H23F2N3O2.ClH/c1-11(23)21-15(13-5-4-12(18)8-14(13)19)9-16(24)22-17(10-20)6-2-3-7-17;/h4-5,8,15H,2-3,6-7,9-10,20H2,1H3,(H,21,23)(H,22,24);1H. The summed E-state index contributed by atoms with van der Waals surface area (Å²) in [6.45, 7) is 1.62. The van der Waals surface area contributed by atoms with Gasteiger partial charge in [-0.2, -0.15) is 0 Å². The molecular weight excluding hydrogens is 352 g/mol. The Morgan fingerprint density at radius 3 is 2.44 bits per heavy atom. The fourth-order valence-corrected chi connectivity index (χ4v) is 3.23. The maximum atomic E-state index is 14.0. The lowest BCUT2D eigenvalue weighted by molar-refractivity contribution is -0.124. The van der Waals surface area contributed by atoms with Crippen LogP contribution in [0.2, 0.25) is 0 Å². The van der Waals surface area contributed by atoms with Crippen LogP contribution in [-0.4, -0.2) is 23.9 Å². The lowest BCUT2D eigenvalue weighted by Gasteiger charge is -2.30. The van der Waals surface area contributed by atoms with Gasteiger partial charge in [0.1, 0.15) is 11.6 Å². The number of carbonyl (C=O) groups excluding carboxylic acids is 2. The van der Waals surface area contributed by atoms with E-state index in [9.17, 15) is 18.4 Å². The molecule has 1 unspecified atom stereocenters. The number of halogens is 3. The van der Waals surface area contributed by atoms with Gasteiger partial charge in [0.2, 0.25) is 11.8 Å². The molecule has 1 aliphatic carbocycles. The monoisotopic (exact) mass is 375 g/mol. The van der Waals surface area contributed by atoms with E-state index in [-0.39, 0.29) is 30.3 Å². The first-order chi connectivity index (χ1) is 11.3. The van der Waals surface area contributed by atoms with Crippen molar-refractivity contribution in [1.29, 1.82) is 0 Å². The third-order valence-electron chi connectivity index (χ3n) is 4.46. The van der Waals surface area contributed by atoms with Crippen molar-refractivity contribution in [1.82, 2.24) is 10.6 Å². The summed E-state index contributed by atoms with van der Waals surface area (Å²) in [5, 5.41) is 5.48. The van der Waals surface area contributed by atoms with E-state index >= 15 is 0 Å². The normalized spacial score (nSPS) is 16.6. The summed E-state index contributed by atoms with van der Waals surface area (Å²) in [6, 6.07) is 2.22. The average Bonchev–Trinajstić information content (AvgIpc) is 2.95. The largest absolute Gasteiger partial charge is 0.349 e. The molecule has 0 radical (unpaired) electrons. The summed E-state index contributed by atoms with van der Waals surface area (Å²) in [7, 11) is 0. The van der Waals surface area contributed by atoms with Gasteiger partial charge in [0.15, 0.2) is 0 Å². The SMILES string of the molecule is CC(=O)NC(CC(=O)NC1(CN)CCCC1)c1ccc(F)cc1F.Cl. The van der Waals surface area contributed by atoms with E-state index in [1.165, 1.54) is 13.0 Å². The van der Waals surface area contributed by atoms with Crippen molar-refractivity contribution in [3.05, 3.63) is 35.4 Å². The summed E-state index contributed by atoms with van der Waals surface area (Å²) < 4.78 is 27.1. The molecule has 0 saturated heterocycles. The zero-order valence-corrected chi connectivity index (χ0v) is 14.9. The summed E-state index contributed by atoms with van der Waals surface area (Å²) in [4.78, 5) is 23.8. The van der Waals surface area contributed by atoms with Crippen LogP contribution < -0.4 is 16.4 Å². The lowest BCUT2D eigenvalue weighted by Crippen LogP contribution is -2.52. The molecular formula is C17H24ClF2N3O2. The summed E-state index contributed by atoms with van der Waals surface area (Å²) in [5.41, 5.74) is 5.46. The average molecular weight is 376 g/mol. The zero-order valence-electron chi connectivity index (χ0n) is 14.1. The van der Waals surface area contributed by atoms with Gasteiger partial charge in [-0.15, -0.1) is 12.4 Å². The number of carbonyl (C=O) groups is 2. The Morgan fingerprint density at radius 1 is 1.28 bits per heavy atom. The number of rotatable bonds is 6. The van der Waals surface area contributed by atoms with Crippen LogP contribution in [0.15, 0.2) is 18.2 Å². The highest BCUT2D eigenvalue weighted by Gasteiger charge is 2.34. The second-order valence-corrected chi connectivity index (χ2v) is 6.36. The van der Waals surface area contributed by atoms with E-state index < -0.39 is 29.1 Å². The Morgan fingerprint density at radius 2 is 1.92 bits per heavy atom. The van der Waals surface area contributed by atoms with Crippen LogP contribution in [0.25, 0.3) is 0 Å². The van der Waals surface area contributed by atoms with Gasteiger partial charge in [-0.25, -0.2) is 8.78 Å². The molecule has 25 heavy (non-hydrogen) atoms. The van der Waals surface area contributed by atoms with Gasteiger partial charge >= 0.3 is 0 Å². The third-order valence-corrected chi connectivity index (χ3v) is 4.46. The Labute approximate surface area is 152 Å².